The molecule has 13 nitrogen and oxygen atoms in total. The third kappa shape index (κ3) is 16.3. The number of carboxylic acids is 1. The smallest absolute Gasteiger partial charge is 0.328 e. The van der Waals surface area contributed by atoms with Crippen molar-refractivity contribution in [3.8, 4) is 51.7 Å². The molecule has 0 aromatic heterocycles. The van der Waals surface area contributed by atoms with Crippen molar-refractivity contribution in [3.63, 3.8) is 0 Å². The van der Waals surface area contributed by atoms with Crippen LogP contribution in [0.3, 0.4) is 0 Å². The van der Waals surface area contributed by atoms with Gasteiger partial charge in [-0.2, -0.15) is 0 Å². The first kappa shape index (κ1) is 60.8. The molecule has 0 spiro atoms. The van der Waals surface area contributed by atoms with Crippen molar-refractivity contribution in [2.75, 3.05) is 0 Å². The van der Waals surface area contributed by atoms with E-state index in [2.05, 4.69) is 271 Å². The largest absolute Gasteiger partial charge is 0.506 e. The molecule has 6 aromatic carbocycles. The van der Waals surface area contributed by atoms with E-state index >= 15 is 0 Å². The van der Waals surface area contributed by atoms with Crippen LogP contribution in [0.5, 0.6) is 51.7 Å². The zero-order chi connectivity index (χ0) is 51.5. The number of halogens is 12. The molecule has 0 radical (unpaired) electrons. The van der Waals surface area contributed by atoms with Crippen molar-refractivity contribution >= 4 is 289 Å². The van der Waals surface area contributed by atoms with Crippen molar-refractivity contribution in [1.29, 1.82) is 0 Å². The topological polar surface area (TPSA) is 216 Å². The number of carboxylic acid groups (broad SMARTS) is 1. The molecular weight excluding hydrogens is 2270 g/mol. The third-order valence-electron chi connectivity index (χ3n) is 9.46. The number of aliphatic carboxylic acids is 1. The van der Waals surface area contributed by atoms with Crippen molar-refractivity contribution in [2.45, 2.75) is 37.4 Å². The molecule has 0 heterocycles. The lowest BCUT2D eigenvalue weighted by Gasteiger charge is -2.18. The normalized spacial score (nSPS) is 12.5. The molecule has 6 aromatic rings. The van der Waals surface area contributed by atoms with Gasteiger partial charge in [0.05, 0.1) is 42.8 Å². The molecule has 0 fully saturated rings. The summed E-state index contributed by atoms with van der Waals surface area (Å²) in [6.45, 7) is 0. The van der Waals surface area contributed by atoms with E-state index in [4.69, 9.17) is 40.9 Å². The van der Waals surface area contributed by atoms with Gasteiger partial charge in [0.2, 0.25) is 0 Å². The maximum absolute atomic E-state index is 13.4. The number of esters is 2. The Bertz CT molecular complexity index is 2920. The van der Waals surface area contributed by atoms with Gasteiger partial charge < -0.3 is 51.1 Å². The molecule has 8 N–H and O–H groups in total. The Hall–Kier alpha value is 1.57. The van der Waals surface area contributed by atoms with Gasteiger partial charge in [0, 0.05) is 0 Å². The molecule has 0 unspecified atom stereocenters. The number of ether oxygens (including phenoxy) is 5. The molecule has 0 aliphatic heterocycles. The van der Waals surface area contributed by atoms with E-state index in [1.165, 1.54) is 0 Å². The highest BCUT2D eigenvalue weighted by molar-refractivity contribution is 14.1. The molecule has 0 aliphatic carbocycles. The molecule has 368 valence electrons. The Morgan fingerprint density at radius 2 is 0.614 bits per heavy atom. The van der Waals surface area contributed by atoms with Crippen molar-refractivity contribution in [1.82, 2.24) is 0 Å². The fourth-order valence-electron chi connectivity index (χ4n) is 6.19. The summed E-state index contributed by atoms with van der Waals surface area (Å²) >= 11 is 25.6. The van der Waals surface area contributed by atoms with Gasteiger partial charge in [0.25, 0.3) is 0 Å². The number of hydrogen-bond acceptors (Lipinski definition) is 12. The fourth-order valence-corrected chi connectivity index (χ4v) is 18.1. The highest BCUT2D eigenvalue weighted by atomic mass is 127. The van der Waals surface area contributed by atoms with Crippen LogP contribution < -0.4 is 40.9 Å². The van der Waals surface area contributed by atoms with Crippen molar-refractivity contribution in [2.24, 2.45) is 17.2 Å². The van der Waals surface area contributed by atoms with Crippen LogP contribution in [0.4, 0.5) is 0 Å². The number of phenolic OH excluding ortho intramolecular Hbond substituents is 1. The van der Waals surface area contributed by atoms with E-state index in [1.54, 1.807) is 36.4 Å². The second-order valence-corrected chi connectivity index (χ2v) is 28.7. The summed E-state index contributed by atoms with van der Waals surface area (Å²) < 4.78 is 39.4. The van der Waals surface area contributed by atoms with Gasteiger partial charge >= 0.3 is 17.9 Å². The van der Waals surface area contributed by atoms with E-state index in [0.29, 0.717) is 67.4 Å². The van der Waals surface area contributed by atoms with Crippen LogP contribution in [-0.2, 0) is 33.6 Å². The van der Waals surface area contributed by atoms with Gasteiger partial charge in [0.1, 0.15) is 41.1 Å². The van der Waals surface area contributed by atoms with E-state index < -0.39 is 36.0 Å². The summed E-state index contributed by atoms with van der Waals surface area (Å²) in [5.41, 5.74) is 21.0. The highest BCUT2D eigenvalue weighted by Crippen LogP contribution is 2.41. The fraction of sp³-hybridized carbons (Fsp3) is 0.133. The molecule has 0 amide bonds. The highest BCUT2D eigenvalue weighted by Gasteiger charge is 2.25. The molecule has 0 bridgehead atoms. The Labute approximate surface area is 565 Å². The first-order valence-electron chi connectivity index (χ1n) is 19.4. The monoisotopic (exact) mass is 2290 g/mol. The first-order valence-corrected chi connectivity index (χ1v) is 32.4. The molecule has 0 saturated heterocycles. The molecule has 6 rings (SSSR count). The Morgan fingerprint density at radius 3 is 0.871 bits per heavy atom. The average molecular weight is 2290 g/mol. The lowest BCUT2D eigenvalue weighted by atomic mass is 10.1. The predicted octanol–water partition coefficient (Wildman–Crippen LogP) is 13.9. The van der Waals surface area contributed by atoms with Gasteiger partial charge in [-0.05, 0) is 380 Å². The minimum absolute atomic E-state index is 0.188. The van der Waals surface area contributed by atoms with Gasteiger partial charge in [-0.3, -0.25) is 4.79 Å². The van der Waals surface area contributed by atoms with Gasteiger partial charge in [0.15, 0.2) is 28.7 Å². The summed E-state index contributed by atoms with van der Waals surface area (Å²) in [5.74, 6) is 2.28. The summed E-state index contributed by atoms with van der Waals surface area (Å²) in [4.78, 5) is 38.0. The Balaban J connectivity index is 1.05. The summed E-state index contributed by atoms with van der Waals surface area (Å²) in [5, 5.41) is 19.4. The van der Waals surface area contributed by atoms with Crippen LogP contribution in [0.25, 0.3) is 0 Å². The van der Waals surface area contributed by atoms with Crippen LogP contribution in [0.15, 0.2) is 72.8 Å². The maximum atomic E-state index is 13.4. The summed E-state index contributed by atoms with van der Waals surface area (Å²) in [6, 6.07) is 19.1. The van der Waals surface area contributed by atoms with E-state index in [-0.39, 0.29) is 25.0 Å². The number of benzene rings is 6. The third-order valence-corrected chi connectivity index (χ3v) is 19.1. The van der Waals surface area contributed by atoms with E-state index in [9.17, 15) is 24.6 Å². The molecular formula is C45H29I12N3O10. The minimum atomic E-state index is -1.07. The molecule has 0 saturated carbocycles. The van der Waals surface area contributed by atoms with Crippen LogP contribution in [-0.4, -0.2) is 46.2 Å². The van der Waals surface area contributed by atoms with Crippen LogP contribution >= 0.6 is 271 Å². The average Bonchev–Trinajstić information content (AvgIpc) is 3.26. The van der Waals surface area contributed by atoms with Crippen LogP contribution in [0, 0.1) is 42.8 Å². The van der Waals surface area contributed by atoms with E-state index in [1.807, 2.05) is 36.4 Å². The zero-order valence-electron chi connectivity index (χ0n) is 34.7. The van der Waals surface area contributed by atoms with Crippen LogP contribution in [0.2, 0.25) is 0 Å². The first-order chi connectivity index (χ1) is 32.9. The SMILES string of the molecule is N[C@@H](Cc1cc(I)c(Oc2cc(I)c(OC(=O)[C@@H](N)Cc3cc(I)c(Oc4cc(I)c(OC(=O)[C@@H](N)Cc5cc(I)c(Oc6cc(I)c(O)c(I)c6)c(I)c5)c(I)c4)c(I)c3)c(I)c2)c(I)c1)C(=O)O. The number of nitrogens with two attached hydrogens (primary N) is 3. The number of phenols is 1. The summed E-state index contributed by atoms with van der Waals surface area (Å²) in [6.07, 6.45) is 0.637. The Morgan fingerprint density at radius 1 is 0.386 bits per heavy atom. The predicted molar refractivity (Wildman–Crippen MR) is 367 cm³/mol. The molecule has 0 aliphatic rings. The lowest BCUT2D eigenvalue weighted by Crippen LogP contribution is -2.36. The van der Waals surface area contributed by atoms with Crippen molar-refractivity contribution < 1.29 is 48.3 Å². The molecule has 70 heavy (non-hydrogen) atoms. The van der Waals surface area contributed by atoms with E-state index in [0.717, 1.165) is 38.1 Å². The number of carbonyl (C=O) groups excluding carboxylic acids is 2. The number of aromatic hydroxyl groups is 1. The number of carbonyl (C=O) groups is 3. The standard InChI is InChI=1S/C45H29I12N3O10/c46-22-10-19(11-23(47)37(22)61)66-38-26(50)3-17(4-27(38)51)8-35(59)44(64)70-42-32(56)14-21(15-33(42)57)68-40-28(52)5-18(6-29(40)53)9-36(60)45(65)69-41-30(54)12-20(13-31(41)55)67-39-24(48)1-16(2-25(39)49)7-34(58)43(62)63/h1-6,10-15,34-36,61H,7-9,58-60H2,(H,62,63)/t34-,35-,36-/m0/s1. The second kappa shape index (κ2) is 27.4. The second-order valence-electron chi connectivity index (χ2n) is 14.8. The summed E-state index contributed by atoms with van der Waals surface area (Å²) in [7, 11) is 0. The quantitative estimate of drug-likeness (QED) is 0.0327. The molecule has 3 atom stereocenters. The van der Waals surface area contributed by atoms with Gasteiger partial charge in [-0.25, -0.2) is 9.59 Å². The Kier molecular flexibility index (Phi) is 23.8. The van der Waals surface area contributed by atoms with Gasteiger partial charge in [-0.15, -0.1) is 0 Å². The van der Waals surface area contributed by atoms with Gasteiger partial charge in [-0.1, -0.05) is 0 Å². The maximum Gasteiger partial charge on any atom is 0.328 e. The number of hydrogen-bond donors (Lipinski definition) is 5. The van der Waals surface area contributed by atoms with Crippen molar-refractivity contribution in [3.05, 3.63) is 132 Å². The lowest BCUT2D eigenvalue weighted by molar-refractivity contribution is -0.138. The number of rotatable bonds is 17. The zero-order valence-corrected chi connectivity index (χ0v) is 60.6. The molecule has 25 heteroatoms. The van der Waals surface area contributed by atoms with Crippen LogP contribution in [0.1, 0.15) is 16.7 Å². The minimum Gasteiger partial charge on any atom is -0.506 e.